The molecule has 0 radical (unpaired) electrons. The first-order chi connectivity index (χ1) is 11.5. The second-order valence-electron chi connectivity index (χ2n) is 6.29. The molecule has 2 heterocycles. The lowest BCUT2D eigenvalue weighted by molar-refractivity contribution is -0.137. The van der Waals surface area contributed by atoms with Crippen molar-refractivity contribution in [2.75, 3.05) is 26.2 Å². The first kappa shape index (κ1) is 16.3. The lowest BCUT2D eigenvalue weighted by atomic mass is 9.92. The summed E-state index contributed by atoms with van der Waals surface area (Å²) < 4.78 is 6.20. The zero-order valence-electron chi connectivity index (χ0n) is 13.6. The lowest BCUT2D eigenvalue weighted by Crippen LogP contribution is -2.58. The van der Waals surface area contributed by atoms with E-state index in [1.807, 2.05) is 6.07 Å². The van der Waals surface area contributed by atoms with E-state index in [1.54, 1.807) is 23.1 Å². The number of likely N-dealkylation sites (tertiary alicyclic amines) is 1. The molecule has 2 N–H and O–H groups in total. The summed E-state index contributed by atoms with van der Waals surface area (Å²) in [6, 6.07) is 7.13. The van der Waals surface area contributed by atoms with Crippen molar-refractivity contribution in [3.05, 3.63) is 29.8 Å². The van der Waals surface area contributed by atoms with Crippen molar-refractivity contribution in [2.24, 2.45) is 0 Å². The van der Waals surface area contributed by atoms with E-state index < -0.39 is 5.60 Å². The average molecular weight is 331 g/mol. The van der Waals surface area contributed by atoms with Crippen LogP contribution in [0.4, 0.5) is 0 Å². The van der Waals surface area contributed by atoms with Gasteiger partial charge in [0, 0.05) is 13.5 Å². The molecule has 1 aromatic rings. The van der Waals surface area contributed by atoms with Crippen molar-refractivity contribution in [2.45, 2.75) is 25.4 Å². The molecule has 0 bridgehead atoms. The molecular weight excluding hydrogens is 310 g/mol. The van der Waals surface area contributed by atoms with E-state index in [9.17, 15) is 14.4 Å². The molecule has 1 spiro atoms. The molecule has 0 aliphatic carbocycles. The van der Waals surface area contributed by atoms with Crippen LogP contribution in [0.2, 0.25) is 0 Å². The van der Waals surface area contributed by atoms with E-state index in [0.29, 0.717) is 30.9 Å². The van der Waals surface area contributed by atoms with Gasteiger partial charge in [0.15, 0.2) is 0 Å². The molecule has 2 aliphatic heterocycles. The van der Waals surface area contributed by atoms with E-state index in [4.69, 9.17) is 4.74 Å². The van der Waals surface area contributed by atoms with Crippen LogP contribution in [-0.4, -0.2) is 54.4 Å². The summed E-state index contributed by atoms with van der Waals surface area (Å²) >= 11 is 0. The minimum absolute atomic E-state index is 0.0195. The van der Waals surface area contributed by atoms with Crippen molar-refractivity contribution in [1.29, 1.82) is 0 Å². The zero-order chi connectivity index (χ0) is 17.2. The van der Waals surface area contributed by atoms with E-state index in [2.05, 4.69) is 10.6 Å². The van der Waals surface area contributed by atoms with Gasteiger partial charge in [0.2, 0.25) is 11.8 Å². The van der Waals surface area contributed by atoms with Gasteiger partial charge in [-0.15, -0.1) is 0 Å². The third kappa shape index (κ3) is 3.34. The first-order valence-corrected chi connectivity index (χ1v) is 8.08. The molecule has 1 atom stereocenters. The predicted octanol–water partition coefficient (Wildman–Crippen LogP) is 0.306. The van der Waals surface area contributed by atoms with Crippen molar-refractivity contribution in [3.8, 4) is 5.75 Å². The van der Waals surface area contributed by atoms with Crippen LogP contribution >= 0.6 is 0 Å². The highest BCUT2D eigenvalue weighted by atomic mass is 16.5. The lowest BCUT2D eigenvalue weighted by Gasteiger charge is -2.42. The molecule has 1 aromatic carbocycles. The zero-order valence-corrected chi connectivity index (χ0v) is 13.6. The maximum atomic E-state index is 12.3. The molecule has 0 unspecified atom stereocenters. The first-order valence-electron chi connectivity index (χ1n) is 8.08. The minimum Gasteiger partial charge on any atom is -0.483 e. The van der Waals surface area contributed by atoms with Gasteiger partial charge in [-0.2, -0.15) is 0 Å². The molecule has 128 valence electrons. The van der Waals surface area contributed by atoms with E-state index in [-0.39, 0.29) is 24.3 Å². The summed E-state index contributed by atoms with van der Waals surface area (Å²) in [7, 11) is 0. The van der Waals surface area contributed by atoms with Crippen LogP contribution in [0.1, 0.15) is 30.1 Å². The second-order valence-corrected chi connectivity index (χ2v) is 6.29. The standard InChI is InChI=1S/C17H21N3O4/c1-12(21)18-9-15(22)20-8-4-7-17(11-20)10-19-16(23)13-5-2-3-6-14(13)24-17/h2-3,5-6H,4,7-11H2,1H3,(H,18,21)(H,19,23)/t17-/m0/s1. The third-order valence-electron chi connectivity index (χ3n) is 4.41. The normalized spacial score (nSPS) is 22.9. The average Bonchev–Trinajstić information content (AvgIpc) is 2.70. The number of hydrogen-bond donors (Lipinski definition) is 2. The molecule has 7 heteroatoms. The molecule has 0 aromatic heterocycles. The van der Waals surface area contributed by atoms with Crippen LogP contribution in [0.25, 0.3) is 0 Å². The molecule has 24 heavy (non-hydrogen) atoms. The van der Waals surface area contributed by atoms with Crippen LogP contribution in [-0.2, 0) is 9.59 Å². The van der Waals surface area contributed by atoms with Gasteiger partial charge in [0.25, 0.3) is 5.91 Å². The van der Waals surface area contributed by atoms with Gasteiger partial charge in [-0.25, -0.2) is 0 Å². The molecule has 1 fully saturated rings. The van der Waals surface area contributed by atoms with Crippen molar-refractivity contribution < 1.29 is 19.1 Å². The van der Waals surface area contributed by atoms with Crippen LogP contribution in [0.15, 0.2) is 24.3 Å². The fraction of sp³-hybridized carbons (Fsp3) is 0.471. The number of para-hydroxylation sites is 1. The van der Waals surface area contributed by atoms with Gasteiger partial charge >= 0.3 is 0 Å². The fourth-order valence-electron chi connectivity index (χ4n) is 3.20. The summed E-state index contributed by atoms with van der Waals surface area (Å²) in [6.45, 7) is 2.73. The number of ether oxygens (including phenoxy) is 1. The largest absolute Gasteiger partial charge is 0.483 e. The highest BCUT2D eigenvalue weighted by Crippen LogP contribution is 2.31. The highest BCUT2D eigenvalue weighted by Gasteiger charge is 2.41. The SMILES string of the molecule is CC(=O)NCC(=O)N1CCC[C@]2(CNC(=O)c3ccccc3O2)C1. The maximum absolute atomic E-state index is 12.3. The summed E-state index contributed by atoms with van der Waals surface area (Å²) in [5, 5.41) is 5.43. The number of nitrogens with one attached hydrogen (secondary N) is 2. The molecular formula is C17H21N3O4. The number of hydrogen-bond acceptors (Lipinski definition) is 4. The van der Waals surface area contributed by atoms with Crippen molar-refractivity contribution in [1.82, 2.24) is 15.5 Å². The third-order valence-corrected chi connectivity index (χ3v) is 4.41. The van der Waals surface area contributed by atoms with Gasteiger partial charge in [-0.05, 0) is 25.0 Å². The Morgan fingerprint density at radius 1 is 1.38 bits per heavy atom. The van der Waals surface area contributed by atoms with Gasteiger partial charge < -0.3 is 20.3 Å². The molecule has 3 rings (SSSR count). The van der Waals surface area contributed by atoms with E-state index >= 15 is 0 Å². The monoisotopic (exact) mass is 331 g/mol. The quantitative estimate of drug-likeness (QED) is 0.816. The Bertz CT molecular complexity index is 676. The van der Waals surface area contributed by atoms with Crippen molar-refractivity contribution >= 4 is 17.7 Å². The predicted molar refractivity (Wildman–Crippen MR) is 86.6 cm³/mol. The number of rotatable bonds is 2. The number of carbonyl (C=O) groups is 3. The van der Waals surface area contributed by atoms with Crippen LogP contribution in [0.3, 0.4) is 0 Å². The Balaban J connectivity index is 1.77. The number of carbonyl (C=O) groups excluding carboxylic acids is 3. The number of piperidine rings is 1. The second kappa shape index (κ2) is 6.51. The molecule has 3 amide bonds. The minimum atomic E-state index is -0.633. The molecule has 7 nitrogen and oxygen atoms in total. The van der Waals surface area contributed by atoms with Crippen LogP contribution in [0, 0.1) is 0 Å². The Kier molecular flexibility index (Phi) is 4.42. The summed E-state index contributed by atoms with van der Waals surface area (Å²) in [5.74, 6) is 0.00606. The highest BCUT2D eigenvalue weighted by molar-refractivity contribution is 5.97. The number of fused-ring (bicyclic) bond motifs is 1. The number of benzene rings is 1. The molecule has 0 saturated carbocycles. The summed E-state index contributed by atoms with van der Waals surface area (Å²) in [6.07, 6.45) is 1.54. The Hall–Kier alpha value is -2.57. The Morgan fingerprint density at radius 3 is 2.96 bits per heavy atom. The van der Waals surface area contributed by atoms with Crippen LogP contribution in [0.5, 0.6) is 5.75 Å². The topological polar surface area (TPSA) is 87.7 Å². The number of amides is 3. The van der Waals surface area contributed by atoms with Crippen LogP contribution < -0.4 is 15.4 Å². The molecule has 1 saturated heterocycles. The van der Waals surface area contributed by atoms with Gasteiger partial charge in [0.05, 0.1) is 25.2 Å². The Labute approximate surface area is 140 Å². The summed E-state index contributed by atoms with van der Waals surface area (Å²) in [5.41, 5.74) is -0.122. The maximum Gasteiger partial charge on any atom is 0.255 e. The summed E-state index contributed by atoms with van der Waals surface area (Å²) in [4.78, 5) is 37.2. The van der Waals surface area contributed by atoms with E-state index in [0.717, 1.165) is 12.8 Å². The van der Waals surface area contributed by atoms with E-state index in [1.165, 1.54) is 6.92 Å². The van der Waals surface area contributed by atoms with Gasteiger partial charge in [-0.3, -0.25) is 14.4 Å². The van der Waals surface area contributed by atoms with Gasteiger partial charge in [0.1, 0.15) is 11.4 Å². The number of nitrogens with zero attached hydrogens (tertiary/aromatic N) is 1. The molecule has 2 aliphatic rings. The smallest absolute Gasteiger partial charge is 0.255 e. The Morgan fingerprint density at radius 2 is 2.17 bits per heavy atom. The van der Waals surface area contributed by atoms with Gasteiger partial charge in [-0.1, -0.05) is 12.1 Å². The fourth-order valence-corrected chi connectivity index (χ4v) is 3.20. The van der Waals surface area contributed by atoms with Crippen molar-refractivity contribution in [3.63, 3.8) is 0 Å².